The number of aromatic nitrogens is 1. The van der Waals surface area contributed by atoms with Crippen molar-refractivity contribution in [1.29, 1.82) is 0 Å². The van der Waals surface area contributed by atoms with Gasteiger partial charge in [-0.15, -0.1) is 0 Å². The lowest BCUT2D eigenvalue weighted by Crippen LogP contribution is -2.36. The Morgan fingerprint density at radius 1 is 1.31 bits per heavy atom. The van der Waals surface area contributed by atoms with Crippen molar-refractivity contribution in [3.63, 3.8) is 0 Å². The number of amides is 2. The molecule has 0 bridgehead atoms. The van der Waals surface area contributed by atoms with Crippen LogP contribution in [0.15, 0.2) is 41.0 Å². The first-order chi connectivity index (χ1) is 14.1. The molecule has 1 aromatic carbocycles. The number of hydrogen-bond donors (Lipinski definition) is 2. The summed E-state index contributed by atoms with van der Waals surface area (Å²) in [4.78, 5) is 30.4. The highest BCUT2D eigenvalue weighted by atomic mass is 35.5. The molecule has 2 unspecified atom stereocenters. The van der Waals surface area contributed by atoms with E-state index in [0.717, 1.165) is 41.6 Å². The highest BCUT2D eigenvalue weighted by molar-refractivity contribution is 6.35. The van der Waals surface area contributed by atoms with Gasteiger partial charge in [-0.1, -0.05) is 23.7 Å². The van der Waals surface area contributed by atoms with E-state index in [-0.39, 0.29) is 30.2 Å². The van der Waals surface area contributed by atoms with Gasteiger partial charge in [-0.3, -0.25) is 9.59 Å². The maximum absolute atomic E-state index is 12.9. The Morgan fingerprint density at radius 2 is 2.21 bits per heavy atom. The van der Waals surface area contributed by atoms with Crippen LogP contribution in [0.25, 0.3) is 10.9 Å². The Hall–Kier alpha value is -2.73. The second-order valence-corrected chi connectivity index (χ2v) is 8.29. The molecule has 2 aliphatic rings. The van der Waals surface area contributed by atoms with Crippen LogP contribution >= 0.6 is 11.6 Å². The zero-order chi connectivity index (χ0) is 20.0. The Bertz CT molecular complexity index is 1070. The van der Waals surface area contributed by atoms with Crippen molar-refractivity contribution in [2.24, 2.45) is 5.92 Å². The smallest absolute Gasteiger partial charge is 0.225 e. The molecule has 6 nitrogen and oxygen atoms in total. The normalized spacial score (nSPS) is 21.6. The van der Waals surface area contributed by atoms with Gasteiger partial charge < -0.3 is 19.6 Å². The molecule has 0 radical (unpaired) electrons. The number of rotatable bonds is 4. The van der Waals surface area contributed by atoms with Gasteiger partial charge in [0, 0.05) is 24.0 Å². The van der Waals surface area contributed by atoms with Crippen LogP contribution in [-0.4, -0.2) is 28.2 Å². The minimum absolute atomic E-state index is 0.0109. The molecular weight excluding hydrogens is 390 g/mol. The minimum atomic E-state index is -0.337. The second kappa shape index (κ2) is 7.26. The number of furan rings is 1. The number of carbonyl (C=O) groups is 2. The van der Waals surface area contributed by atoms with E-state index in [1.807, 2.05) is 18.2 Å². The van der Waals surface area contributed by atoms with E-state index in [4.69, 9.17) is 16.0 Å². The number of nitrogens with zero attached hydrogens (tertiary/aromatic N) is 1. The lowest BCUT2D eigenvalue weighted by Gasteiger charge is -2.25. The van der Waals surface area contributed by atoms with Gasteiger partial charge in [0.05, 0.1) is 35.3 Å². The van der Waals surface area contributed by atoms with E-state index in [9.17, 15) is 9.59 Å². The van der Waals surface area contributed by atoms with Crippen molar-refractivity contribution >= 4 is 34.3 Å². The monoisotopic (exact) mass is 411 g/mol. The fourth-order valence-corrected chi connectivity index (χ4v) is 4.80. The van der Waals surface area contributed by atoms with Crippen LogP contribution in [0.3, 0.4) is 0 Å². The number of hydrogen-bond acceptors (Lipinski definition) is 3. The van der Waals surface area contributed by atoms with Crippen molar-refractivity contribution in [3.8, 4) is 0 Å². The van der Waals surface area contributed by atoms with Gasteiger partial charge in [-0.05, 0) is 43.0 Å². The third-order valence-electron chi connectivity index (χ3n) is 6.02. The zero-order valence-electron chi connectivity index (χ0n) is 15.9. The second-order valence-electron chi connectivity index (χ2n) is 7.89. The number of halogens is 1. The van der Waals surface area contributed by atoms with E-state index >= 15 is 0 Å². The van der Waals surface area contributed by atoms with Crippen molar-refractivity contribution in [1.82, 2.24) is 15.2 Å². The molecule has 3 aromatic rings. The quantitative estimate of drug-likeness (QED) is 0.682. The average molecular weight is 412 g/mol. The maximum Gasteiger partial charge on any atom is 0.225 e. The third-order valence-corrected chi connectivity index (χ3v) is 6.34. The highest BCUT2D eigenvalue weighted by Crippen LogP contribution is 2.37. The molecule has 1 aliphatic carbocycles. The van der Waals surface area contributed by atoms with Crippen LogP contribution in [-0.2, 0) is 22.6 Å². The third kappa shape index (κ3) is 3.31. The molecule has 29 heavy (non-hydrogen) atoms. The van der Waals surface area contributed by atoms with Gasteiger partial charge in [0.1, 0.15) is 5.76 Å². The largest absolute Gasteiger partial charge is 0.467 e. The van der Waals surface area contributed by atoms with Crippen molar-refractivity contribution < 1.29 is 14.0 Å². The van der Waals surface area contributed by atoms with E-state index in [1.54, 1.807) is 17.2 Å². The molecule has 2 amide bonds. The van der Waals surface area contributed by atoms with E-state index in [2.05, 4.69) is 16.4 Å². The molecule has 1 fully saturated rings. The summed E-state index contributed by atoms with van der Waals surface area (Å²) in [5, 5.41) is 5.00. The number of nitrogens with one attached hydrogen (secondary N) is 2. The molecule has 150 valence electrons. The SMILES string of the molecule is O=C(NC1CCCc2c1[nH]c1c(Cl)cccc21)C1CC(=O)N(Cc2ccco2)C1. The van der Waals surface area contributed by atoms with Crippen LogP contribution in [0.5, 0.6) is 0 Å². The van der Waals surface area contributed by atoms with Crippen molar-refractivity contribution in [3.05, 3.63) is 58.6 Å². The van der Waals surface area contributed by atoms with Gasteiger partial charge in [-0.2, -0.15) is 0 Å². The number of aryl methyl sites for hydroxylation is 1. The van der Waals surface area contributed by atoms with Gasteiger partial charge in [0.25, 0.3) is 0 Å². The summed E-state index contributed by atoms with van der Waals surface area (Å²) in [7, 11) is 0. The molecule has 3 heterocycles. The highest BCUT2D eigenvalue weighted by Gasteiger charge is 2.36. The standard InChI is InChI=1S/C22H22ClN3O3/c23-17-7-1-5-15-16-6-2-8-18(21(16)25-20(15)17)24-22(28)13-10-19(27)26(11-13)12-14-4-3-9-29-14/h1,3-5,7,9,13,18,25H,2,6,8,10-12H2,(H,24,28). The zero-order valence-corrected chi connectivity index (χ0v) is 16.7. The Kier molecular flexibility index (Phi) is 4.59. The Balaban J connectivity index is 1.31. The number of carbonyl (C=O) groups excluding carboxylic acids is 2. The lowest BCUT2D eigenvalue weighted by molar-refractivity contribution is -0.129. The first kappa shape index (κ1) is 18.3. The lowest BCUT2D eigenvalue weighted by atomic mass is 9.91. The summed E-state index contributed by atoms with van der Waals surface area (Å²) in [6.07, 6.45) is 4.68. The van der Waals surface area contributed by atoms with Gasteiger partial charge in [0.15, 0.2) is 0 Å². The summed E-state index contributed by atoms with van der Waals surface area (Å²) in [5.74, 6) is 0.313. The molecule has 0 spiro atoms. The molecular formula is C22H22ClN3O3. The number of para-hydroxylation sites is 1. The van der Waals surface area contributed by atoms with E-state index in [0.29, 0.717) is 18.1 Å². The molecule has 2 atom stereocenters. The van der Waals surface area contributed by atoms with Gasteiger partial charge in [-0.25, -0.2) is 0 Å². The average Bonchev–Trinajstić information content (AvgIpc) is 3.43. The topological polar surface area (TPSA) is 78.3 Å². The number of H-pyrrole nitrogens is 1. The van der Waals surface area contributed by atoms with E-state index in [1.165, 1.54) is 5.56 Å². The number of aromatic amines is 1. The Morgan fingerprint density at radius 3 is 3.03 bits per heavy atom. The van der Waals surface area contributed by atoms with Gasteiger partial charge in [0.2, 0.25) is 11.8 Å². The molecule has 7 heteroatoms. The molecule has 1 aliphatic heterocycles. The predicted molar refractivity (Wildman–Crippen MR) is 109 cm³/mol. The minimum Gasteiger partial charge on any atom is -0.467 e. The summed E-state index contributed by atoms with van der Waals surface area (Å²) >= 11 is 6.35. The number of likely N-dealkylation sites (tertiary alicyclic amines) is 1. The van der Waals surface area contributed by atoms with Crippen molar-refractivity contribution in [2.75, 3.05) is 6.54 Å². The Labute approximate surface area is 173 Å². The molecule has 5 rings (SSSR count). The first-order valence-electron chi connectivity index (χ1n) is 9.99. The van der Waals surface area contributed by atoms with Crippen LogP contribution in [0.2, 0.25) is 5.02 Å². The summed E-state index contributed by atoms with van der Waals surface area (Å²) in [5.41, 5.74) is 3.21. The predicted octanol–water partition coefficient (Wildman–Crippen LogP) is 3.96. The van der Waals surface area contributed by atoms with Crippen LogP contribution < -0.4 is 5.32 Å². The fourth-order valence-electron chi connectivity index (χ4n) is 4.58. The van der Waals surface area contributed by atoms with E-state index < -0.39 is 0 Å². The fraction of sp³-hybridized carbons (Fsp3) is 0.364. The summed E-state index contributed by atoms with van der Waals surface area (Å²) < 4.78 is 5.33. The van der Waals surface area contributed by atoms with Crippen LogP contribution in [0.4, 0.5) is 0 Å². The molecule has 1 saturated heterocycles. The summed E-state index contributed by atoms with van der Waals surface area (Å²) in [6, 6.07) is 9.46. The first-order valence-corrected chi connectivity index (χ1v) is 10.4. The number of benzene rings is 1. The maximum atomic E-state index is 12.9. The molecule has 2 N–H and O–H groups in total. The van der Waals surface area contributed by atoms with Crippen LogP contribution in [0.1, 0.15) is 42.3 Å². The van der Waals surface area contributed by atoms with Crippen LogP contribution in [0, 0.1) is 5.92 Å². The molecule has 2 aromatic heterocycles. The van der Waals surface area contributed by atoms with Gasteiger partial charge >= 0.3 is 0 Å². The molecule has 0 saturated carbocycles. The summed E-state index contributed by atoms with van der Waals surface area (Å²) in [6.45, 7) is 0.827. The van der Waals surface area contributed by atoms with Crippen molar-refractivity contribution in [2.45, 2.75) is 38.3 Å². The number of fused-ring (bicyclic) bond motifs is 3.